The Labute approximate surface area is 126 Å². The highest BCUT2D eigenvalue weighted by Gasteiger charge is 2.32. The van der Waals surface area contributed by atoms with Crippen LogP contribution in [-0.4, -0.2) is 36.3 Å². The van der Waals surface area contributed by atoms with Crippen LogP contribution in [0.1, 0.15) is 58.8 Å². The fraction of sp³-hybridized carbons (Fsp3) is 0.800. The van der Waals surface area contributed by atoms with Crippen LogP contribution in [0.3, 0.4) is 0 Å². The van der Waals surface area contributed by atoms with Crippen LogP contribution < -0.4 is 16.0 Å². The molecule has 0 bridgehead atoms. The number of amides is 3. The van der Waals surface area contributed by atoms with E-state index < -0.39 is 5.54 Å². The third kappa shape index (κ3) is 6.14. The van der Waals surface area contributed by atoms with Gasteiger partial charge in [0.2, 0.25) is 17.7 Å². The Hall–Kier alpha value is -1.59. The first kappa shape index (κ1) is 17.5. The molecule has 0 aromatic carbocycles. The molecule has 6 nitrogen and oxygen atoms in total. The van der Waals surface area contributed by atoms with E-state index in [1.807, 2.05) is 6.92 Å². The lowest BCUT2D eigenvalue weighted by Crippen LogP contribution is -2.57. The number of carbonyl (C=O) groups excluding carboxylic acids is 3. The Morgan fingerprint density at radius 1 is 0.952 bits per heavy atom. The number of hydrogen-bond donors (Lipinski definition) is 3. The summed E-state index contributed by atoms with van der Waals surface area (Å²) >= 11 is 0. The smallest absolute Gasteiger partial charge is 0.245 e. The summed E-state index contributed by atoms with van der Waals surface area (Å²) in [6, 6.07) is 0. The second kappa shape index (κ2) is 8.64. The lowest BCUT2D eigenvalue weighted by Gasteiger charge is -2.28. The average Bonchev–Trinajstić information content (AvgIpc) is 2.46. The normalized spacial score (nSPS) is 26.9. The van der Waals surface area contributed by atoms with Gasteiger partial charge >= 0.3 is 0 Å². The minimum absolute atomic E-state index is 0.0513. The van der Waals surface area contributed by atoms with E-state index in [0.717, 1.165) is 32.1 Å². The summed E-state index contributed by atoms with van der Waals surface area (Å²) in [5.41, 5.74) is -0.961. The third-order valence-corrected chi connectivity index (χ3v) is 3.94. The van der Waals surface area contributed by atoms with Gasteiger partial charge in [-0.2, -0.15) is 0 Å². The topological polar surface area (TPSA) is 87.3 Å². The maximum atomic E-state index is 12.2. The molecule has 0 unspecified atom stereocenters. The van der Waals surface area contributed by atoms with Gasteiger partial charge in [-0.25, -0.2) is 0 Å². The van der Waals surface area contributed by atoms with E-state index >= 15 is 0 Å². The molecule has 1 heterocycles. The average molecular weight is 297 g/mol. The maximum Gasteiger partial charge on any atom is 0.245 e. The Kier molecular flexibility index (Phi) is 7.19. The van der Waals surface area contributed by atoms with Crippen molar-refractivity contribution < 1.29 is 14.4 Å². The highest BCUT2D eigenvalue weighted by Crippen LogP contribution is 2.11. The predicted octanol–water partition coefficient (Wildman–Crippen LogP) is 0.858. The van der Waals surface area contributed by atoms with Crippen LogP contribution in [0.2, 0.25) is 0 Å². The lowest BCUT2D eigenvalue weighted by atomic mass is 9.97. The molecule has 0 aromatic rings. The molecule has 3 N–H and O–H groups in total. The zero-order valence-corrected chi connectivity index (χ0v) is 13.1. The van der Waals surface area contributed by atoms with Crippen LogP contribution >= 0.6 is 0 Å². The minimum Gasteiger partial charge on any atom is -0.355 e. The molecule has 120 valence electrons. The van der Waals surface area contributed by atoms with Crippen LogP contribution in [0, 0.1) is 0 Å². The van der Waals surface area contributed by atoms with E-state index in [-0.39, 0.29) is 24.3 Å². The molecule has 0 aliphatic carbocycles. The molecule has 0 radical (unpaired) electrons. The van der Waals surface area contributed by atoms with Crippen LogP contribution in [0.5, 0.6) is 0 Å². The molecule has 0 saturated carbocycles. The molecule has 1 rings (SSSR count). The molecule has 0 aromatic heterocycles. The van der Waals surface area contributed by atoms with Gasteiger partial charge in [0, 0.05) is 13.0 Å². The summed E-state index contributed by atoms with van der Waals surface area (Å²) in [4.78, 5) is 35.7. The fourth-order valence-electron chi connectivity index (χ4n) is 2.26. The number of carbonyl (C=O) groups is 3. The number of hydrogen-bond acceptors (Lipinski definition) is 3. The largest absolute Gasteiger partial charge is 0.355 e. The molecule has 1 aliphatic heterocycles. The monoisotopic (exact) mass is 297 g/mol. The third-order valence-electron chi connectivity index (χ3n) is 3.94. The van der Waals surface area contributed by atoms with Crippen LogP contribution in [0.4, 0.5) is 0 Å². The van der Waals surface area contributed by atoms with Gasteiger partial charge < -0.3 is 16.0 Å². The predicted molar refractivity (Wildman–Crippen MR) is 80.6 cm³/mol. The van der Waals surface area contributed by atoms with Gasteiger partial charge in [-0.1, -0.05) is 26.2 Å². The van der Waals surface area contributed by atoms with Gasteiger partial charge in [-0.05, 0) is 26.2 Å². The van der Waals surface area contributed by atoms with Crippen molar-refractivity contribution in [3.05, 3.63) is 0 Å². The van der Waals surface area contributed by atoms with Crippen molar-refractivity contribution in [3.8, 4) is 0 Å². The van der Waals surface area contributed by atoms with Crippen molar-refractivity contribution >= 4 is 17.7 Å². The molecule has 3 amide bonds. The first-order chi connectivity index (χ1) is 9.98. The van der Waals surface area contributed by atoms with E-state index in [1.165, 1.54) is 0 Å². The first-order valence-corrected chi connectivity index (χ1v) is 7.84. The minimum atomic E-state index is -0.961. The van der Waals surface area contributed by atoms with Crippen molar-refractivity contribution in [2.45, 2.75) is 64.3 Å². The van der Waals surface area contributed by atoms with Crippen molar-refractivity contribution in [1.29, 1.82) is 0 Å². The molecule has 1 fully saturated rings. The molecule has 1 atom stereocenters. The van der Waals surface area contributed by atoms with Gasteiger partial charge in [0.25, 0.3) is 0 Å². The van der Waals surface area contributed by atoms with Crippen LogP contribution in [-0.2, 0) is 14.4 Å². The first-order valence-electron chi connectivity index (χ1n) is 7.84. The second-order valence-electron chi connectivity index (χ2n) is 5.78. The summed E-state index contributed by atoms with van der Waals surface area (Å²) in [7, 11) is 0. The highest BCUT2D eigenvalue weighted by molar-refractivity contribution is 5.93. The van der Waals surface area contributed by atoms with Crippen LogP contribution in [0.15, 0.2) is 0 Å². The number of nitrogens with one attached hydrogen (secondary N) is 3. The summed E-state index contributed by atoms with van der Waals surface area (Å²) in [6.07, 6.45) is 5.78. The molecule has 1 aliphatic rings. The molecular formula is C15H27N3O3. The maximum absolute atomic E-state index is 12.2. The van der Waals surface area contributed by atoms with Crippen LogP contribution in [0.25, 0.3) is 0 Å². The SMILES string of the molecule is CC[C@@]1(C)NC(=O)CCCCCCCNC(=O)CNC1=O. The lowest BCUT2D eigenvalue weighted by molar-refractivity contribution is -0.134. The zero-order valence-electron chi connectivity index (χ0n) is 13.1. The van der Waals surface area contributed by atoms with E-state index in [4.69, 9.17) is 0 Å². The second-order valence-corrected chi connectivity index (χ2v) is 5.78. The van der Waals surface area contributed by atoms with E-state index in [0.29, 0.717) is 19.4 Å². The Morgan fingerprint density at radius 2 is 1.62 bits per heavy atom. The molecule has 6 heteroatoms. The Balaban J connectivity index is 2.68. The van der Waals surface area contributed by atoms with Crippen molar-refractivity contribution in [2.24, 2.45) is 0 Å². The van der Waals surface area contributed by atoms with Gasteiger partial charge in [0.15, 0.2) is 0 Å². The molecule has 21 heavy (non-hydrogen) atoms. The standard InChI is InChI=1S/C15H27N3O3/c1-3-15(2)14(21)17-11-13(20)16-10-8-6-4-5-7-9-12(19)18-15/h3-11H2,1-2H3,(H,16,20)(H,17,21)(H,18,19)/t15-/m1/s1. The summed E-state index contributed by atoms with van der Waals surface area (Å²) in [5.74, 6) is -0.611. The van der Waals surface area contributed by atoms with Crippen molar-refractivity contribution in [3.63, 3.8) is 0 Å². The highest BCUT2D eigenvalue weighted by atomic mass is 16.2. The van der Waals surface area contributed by atoms with Gasteiger partial charge in [-0.3, -0.25) is 14.4 Å². The Morgan fingerprint density at radius 3 is 2.33 bits per heavy atom. The van der Waals surface area contributed by atoms with Gasteiger partial charge in [0.1, 0.15) is 5.54 Å². The summed E-state index contributed by atoms with van der Waals surface area (Å²) < 4.78 is 0. The Bertz CT molecular complexity index is 384. The molecule has 0 spiro atoms. The quantitative estimate of drug-likeness (QED) is 0.671. The summed E-state index contributed by atoms with van der Waals surface area (Å²) in [6.45, 7) is 4.12. The van der Waals surface area contributed by atoms with Gasteiger partial charge in [-0.15, -0.1) is 0 Å². The van der Waals surface area contributed by atoms with E-state index in [9.17, 15) is 14.4 Å². The van der Waals surface area contributed by atoms with E-state index in [2.05, 4.69) is 16.0 Å². The molecular weight excluding hydrogens is 270 g/mol. The van der Waals surface area contributed by atoms with Crippen molar-refractivity contribution in [1.82, 2.24) is 16.0 Å². The summed E-state index contributed by atoms with van der Waals surface area (Å²) in [5, 5.41) is 8.18. The fourth-order valence-corrected chi connectivity index (χ4v) is 2.26. The van der Waals surface area contributed by atoms with Crippen molar-refractivity contribution in [2.75, 3.05) is 13.1 Å². The molecule has 1 saturated heterocycles. The van der Waals surface area contributed by atoms with Gasteiger partial charge in [0.05, 0.1) is 6.54 Å². The van der Waals surface area contributed by atoms with E-state index in [1.54, 1.807) is 6.92 Å². The number of rotatable bonds is 1. The zero-order chi connectivity index (χ0) is 15.7.